The molecule has 0 saturated carbocycles. The van der Waals surface area contributed by atoms with Gasteiger partial charge in [0.2, 0.25) is 5.91 Å². The lowest BCUT2D eigenvalue weighted by atomic mass is 10.3. The van der Waals surface area contributed by atoms with Crippen LogP contribution in [0.5, 0.6) is 0 Å². The number of hydrogen-bond acceptors (Lipinski definition) is 4. The highest BCUT2D eigenvalue weighted by molar-refractivity contribution is 5.93. The van der Waals surface area contributed by atoms with E-state index in [2.05, 4.69) is 4.98 Å². The average Bonchev–Trinajstić information content (AvgIpc) is 3.00. The molecule has 8 nitrogen and oxygen atoms in total. The third-order valence-corrected chi connectivity index (χ3v) is 4.18. The Balaban J connectivity index is 2.06. The van der Waals surface area contributed by atoms with Gasteiger partial charge >= 0.3 is 5.69 Å². The number of imidazole rings is 1. The first kappa shape index (κ1) is 16.7. The third-order valence-electron chi connectivity index (χ3n) is 4.18. The van der Waals surface area contributed by atoms with Gasteiger partial charge in [-0.15, -0.1) is 0 Å². The summed E-state index contributed by atoms with van der Waals surface area (Å²) in [6, 6.07) is 9.15. The van der Waals surface area contributed by atoms with E-state index in [1.54, 1.807) is 16.5 Å². The fraction of sp³-hybridized carbons (Fsp3) is 0.294. The lowest BCUT2D eigenvalue weighted by Gasteiger charge is -2.21. The van der Waals surface area contributed by atoms with Gasteiger partial charge in [-0.25, -0.2) is 14.3 Å². The predicted molar refractivity (Wildman–Crippen MR) is 94.7 cm³/mol. The van der Waals surface area contributed by atoms with Gasteiger partial charge in [-0.1, -0.05) is 18.2 Å². The van der Waals surface area contributed by atoms with Crippen molar-refractivity contribution in [3.8, 4) is 0 Å². The Morgan fingerprint density at radius 3 is 2.48 bits per heavy atom. The molecule has 2 aromatic heterocycles. The zero-order chi connectivity index (χ0) is 18.1. The number of rotatable bonds is 4. The maximum absolute atomic E-state index is 12.7. The lowest BCUT2D eigenvalue weighted by Crippen LogP contribution is -2.44. The fourth-order valence-electron chi connectivity index (χ4n) is 2.87. The quantitative estimate of drug-likeness (QED) is 0.691. The van der Waals surface area contributed by atoms with Crippen LogP contribution in [0.15, 0.2) is 46.2 Å². The van der Waals surface area contributed by atoms with E-state index in [1.807, 2.05) is 37.3 Å². The second-order valence-electron chi connectivity index (χ2n) is 5.73. The minimum Gasteiger partial charge on any atom is -0.328 e. The van der Waals surface area contributed by atoms with Gasteiger partial charge in [0.1, 0.15) is 6.54 Å². The molecule has 0 aliphatic heterocycles. The number of hydrogen-bond donors (Lipinski definition) is 0. The first-order valence-electron chi connectivity index (χ1n) is 7.92. The first-order valence-corrected chi connectivity index (χ1v) is 7.92. The van der Waals surface area contributed by atoms with Crippen LogP contribution in [-0.2, 0) is 25.4 Å². The van der Waals surface area contributed by atoms with Crippen molar-refractivity contribution in [2.24, 2.45) is 14.1 Å². The first-order chi connectivity index (χ1) is 12.0. The molecule has 0 N–H and O–H groups in total. The number of aryl methyl sites for hydroxylation is 2. The van der Waals surface area contributed by atoms with Crippen LogP contribution in [-0.4, -0.2) is 31.1 Å². The summed E-state index contributed by atoms with van der Waals surface area (Å²) >= 11 is 0. The molecule has 0 bridgehead atoms. The number of nitrogens with zero attached hydrogens (tertiary/aromatic N) is 5. The van der Waals surface area contributed by atoms with Crippen molar-refractivity contribution in [2.45, 2.75) is 13.5 Å². The number of likely N-dealkylation sites (N-methyl/N-ethyl adjacent to an activating group) is 1. The minimum absolute atomic E-state index is 0.289. The summed E-state index contributed by atoms with van der Waals surface area (Å²) in [6.45, 7) is 1.96. The second kappa shape index (κ2) is 6.39. The molecule has 0 unspecified atom stereocenters. The standard InChI is InChI=1S/C17H19N5O3/c1-4-21(12-8-6-5-7-9-12)13(23)10-22-16(24)14-15(18-11-19(14)2)20(3)17(22)25/h5-9,11H,4,10H2,1-3H3. The molecule has 0 saturated heterocycles. The molecule has 0 spiro atoms. The summed E-state index contributed by atoms with van der Waals surface area (Å²) in [5, 5.41) is 0. The van der Waals surface area contributed by atoms with Crippen LogP contribution in [0.1, 0.15) is 6.92 Å². The number of fused-ring (bicyclic) bond motifs is 1. The van der Waals surface area contributed by atoms with E-state index in [1.165, 1.54) is 17.9 Å². The Hall–Kier alpha value is -3.16. The molecule has 0 radical (unpaired) electrons. The van der Waals surface area contributed by atoms with Crippen LogP contribution >= 0.6 is 0 Å². The van der Waals surface area contributed by atoms with Crippen LogP contribution in [0.25, 0.3) is 11.2 Å². The number of benzene rings is 1. The van der Waals surface area contributed by atoms with Crippen LogP contribution in [0.2, 0.25) is 0 Å². The highest BCUT2D eigenvalue weighted by atomic mass is 16.2. The van der Waals surface area contributed by atoms with Crippen molar-refractivity contribution in [2.75, 3.05) is 11.4 Å². The van der Waals surface area contributed by atoms with E-state index >= 15 is 0 Å². The van der Waals surface area contributed by atoms with Gasteiger partial charge in [0, 0.05) is 26.3 Å². The average molecular weight is 341 g/mol. The molecule has 3 rings (SSSR count). The summed E-state index contributed by atoms with van der Waals surface area (Å²) in [7, 11) is 3.21. The number of carbonyl (C=O) groups excluding carboxylic acids is 1. The number of amides is 1. The van der Waals surface area contributed by atoms with Gasteiger partial charge in [-0.05, 0) is 19.1 Å². The van der Waals surface area contributed by atoms with Crippen LogP contribution in [0, 0.1) is 0 Å². The van der Waals surface area contributed by atoms with Crippen molar-refractivity contribution in [1.82, 2.24) is 18.7 Å². The summed E-state index contributed by atoms with van der Waals surface area (Å²) < 4.78 is 3.79. The van der Waals surface area contributed by atoms with E-state index in [4.69, 9.17) is 0 Å². The fourth-order valence-corrected chi connectivity index (χ4v) is 2.87. The molecular formula is C17H19N5O3. The Morgan fingerprint density at radius 2 is 1.84 bits per heavy atom. The van der Waals surface area contributed by atoms with Crippen molar-refractivity contribution in [3.05, 3.63) is 57.5 Å². The molecule has 1 aromatic carbocycles. The molecule has 0 aliphatic carbocycles. The van der Waals surface area contributed by atoms with Crippen LogP contribution < -0.4 is 16.1 Å². The SMILES string of the molecule is CCN(C(=O)Cn1c(=O)c2c(ncn2C)n(C)c1=O)c1ccccc1. The Morgan fingerprint density at radius 1 is 1.16 bits per heavy atom. The molecule has 130 valence electrons. The molecule has 25 heavy (non-hydrogen) atoms. The summed E-state index contributed by atoms with van der Waals surface area (Å²) in [5.74, 6) is -0.325. The smallest absolute Gasteiger partial charge is 0.328 e. The van der Waals surface area contributed by atoms with Crippen molar-refractivity contribution < 1.29 is 4.79 Å². The van der Waals surface area contributed by atoms with Gasteiger partial charge in [0.05, 0.1) is 6.33 Å². The molecule has 2 heterocycles. The van der Waals surface area contributed by atoms with E-state index in [0.29, 0.717) is 12.2 Å². The maximum atomic E-state index is 12.7. The van der Waals surface area contributed by atoms with Crippen molar-refractivity contribution in [3.63, 3.8) is 0 Å². The molecule has 3 aromatic rings. The predicted octanol–water partition coefficient (Wildman–Crippen LogP) is 0.487. The number of para-hydroxylation sites is 1. The lowest BCUT2D eigenvalue weighted by molar-refractivity contribution is -0.119. The van der Waals surface area contributed by atoms with Crippen LogP contribution in [0.3, 0.4) is 0 Å². The molecule has 0 fully saturated rings. The highest BCUT2D eigenvalue weighted by Crippen LogP contribution is 2.13. The number of anilines is 1. The van der Waals surface area contributed by atoms with Crippen molar-refractivity contribution >= 4 is 22.8 Å². The van der Waals surface area contributed by atoms with E-state index < -0.39 is 11.2 Å². The molecule has 0 aliphatic rings. The molecule has 8 heteroatoms. The van der Waals surface area contributed by atoms with Crippen molar-refractivity contribution in [1.29, 1.82) is 0 Å². The van der Waals surface area contributed by atoms with Gasteiger partial charge in [0.25, 0.3) is 5.56 Å². The molecular weight excluding hydrogens is 322 g/mol. The monoisotopic (exact) mass is 341 g/mol. The Bertz CT molecular complexity index is 1050. The van der Waals surface area contributed by atoms with Gasteiger partial charge in [0.15, 0.2) is 11.2 Å². The molecule has 0 atom stereocenters. The van der Waals surface area contributed by atoms with E-state index in [0.717, 1.165) is 10.3 Å². The van der Waals surface area contributed by atoms with Gasteiger partial charge in [-0.2, -0.15) is 0 Å². The second-order valence-corrected chi connectivity index (χ2v) is 5.73. The topological polar surface area (TPSA) is 82.1 Å². The van der Waals surface area contributed by atoms with E-state index in [-0.39, 0.29) is 18.0 Å². The summed E-state index contributed by atoms with van der Waals surface area (Å²) in [6.07, 6.45) is 1.47. The van der Waals surface area contributed by atoms with Gasteiger partial charge in [-0.3, -0.25) is 14.2 Å². The maximum Gasteiger partial charge on any atom is 0.332 e. The number of carbonyl (C=O) groups is 1. The normalized spacial score (nSPS) is 11.0. The summed E-state index contributed by atoms with van der Waals surface area (Å²) in [5.41, 5.74) is 0.236. The highest BCUT2D eigenvalue weighted by Gasteiger charge is 2.20. The number of aromatic nitrogens is 4. The zero-order valence-electron chi connectivity index (χ0n) is 14.3. The Labute approximate surface area is 143 Å². The van der Waals surface area contributed by atoms with Crippen LogP contribution in [0.4, 0.5) is 5.69 Å². The minimum atomic E-state index is -0.561. The van der Waals surface area contributed by atoms with Gasteiger partial charge < -0.3 is 9.47 Å². The van der Waals surface area contributed by atoms with E-state index in [9.17, 15) is 14.4 Å². The largest absolute Gasteiger partial charge is 0.332 e. The molecule has 1 amide bonds. The zero-order valence-corrected chi connectivity index (χ0v) is 14.3. The Kier molecular flexibility index (Phi) is 4.26. The third kappa shape index (κ3) is 2.75. The summed E-state index contributed by atoms with van der Waals surface area (Å²) in [4.78, 5) is 43.5.